The number of hydrogen-bond acceptors (Lipinski definition) is 3. The summed E-state index contributed by atoms with van der Waals surface area (Å²) in [6.45, 7) is 4.10. The van der Waals surface area contributed by atoms with Gasteiger partial charge in [-0.25, -0.2) is 0 Å². The predicted octanol–water partition coefficient (Wildman–Crippen LogP) is 1.51. The van der Waals surface area contributed by atoms with Crippen LogP contribution in [-0.2, 0) is 0 Å². The van der Waals surface area contributed by atoms with E-state index < -0.39 is 0 Å². The van der Waals surface area contributed by atoms with Gasteiger partial charge in [-0.2, -0.15) is 10.2 Å². The van der Waals surface area contributed by atoms with Crippen molar-refractivity contribution >= 4 is 11.7 Å². The van der Waals surface area contributed by atoms with Crippen LogP contribution < -0.4 is 5.32 Å². The molecule has 6 nitrogen and oxygen atoms in total. The molecule has 0 radical (unpaired) electrons. The van der Waals surface area contributed by atoms with E-state index in [9.17, 15) is 4.79 Å². The molecule has 0 atom stereocenters. The van der Waals surface area contributed by atoms with E-state index in [1.807, 2.05) is 6.07 Å². The van der Waals surface area contributed by atoms with Crippen LogP contribution in [0.5, 0.6) is 0 Å². The summed E-state index contributed by atoms with van der Waals surface area (Å²) in [4.78, 5) is 11.6. The van der Waals surface area contributed by atoms with Crippen molar-refractivity contribution in [1.29, 1.82) is 0 Å². The quantitative estimate of drug-likeness (QED) is 0.731. The second-order valence-electron chi connectivity index (χ2n) is 3.80. The van der Waals surface area contributed by atoms with E-state index >= 15 is 0 Å². The molecule has 2 rings (SSSR count). The summed E-state index contributed by atoms with van der Waals surface area (Å²) in [6.07, 6.45) is 3.00. The van der Waals surface area contributed by atoms with Gasteiger partial charge in [0.1, 0.15) is 0 Å². The molecule has 0 unspecified atom stereocenters. The van der Waals surface area contributed by atoms with Crippen LogP contribution >= 0.6 is 0 Å². The summed E-state index contributed by atoms with van der Waals surface area (Å²) < 4.78 is 0. The average Bonchev–Trinajstić information content (AvgIpc) is 2.87. The van der Waals surface area contributed by atoms with Crippen molar-refractivity contribution in [2.75, 3.05) is 5.32 Å². The van der Waals surface area contributed by atoms with E-state index in [0.717, 1.165) is 5.69 Å². The molecule has 0 aliphatic rings. The number of anilines is 1. The minimum Gasteiger partial charge on any atom is -0.305 e. The van der Waals surface area contributed by atoms with Crippen LogP contribution in [-0.4, -0.2) is 26.3 Å². The lowest BCUT2D eigenvalue weighted by molar-refractivity contribution is 0.102. The molecule has 0 saturated heterocycles. The number of H-pyrrole nitrogens is 2. The van der Waals surface area contributed by atoms with Gasteiger partial charge in [0.05, 0.1) is 11.8 Å². The molecule has 0 saturated carbocycles. The second-order valence-corrected chi connectivity index (χ2v) is 3.80. The highest BCUT2D eigenvalue weighted by atomic mass is 16.1. The molecule has 1 amide bonds. The maximum Gasteiger partial charge on any atom is 0.260 e. The summed E-state index contributed by atoms with van der Waals surface area (Å²) in [5.41, 5.74) is 1.47. The van der Waals surface area contributed by atoms with Gasteiger partial charge in [0.15, 0.2) is 5.82 Å². The molecular formula is C10H13N5O. The van der Waals surface area contributed by atoms with Crippen LogP contribution in [0.3, 0.4) is 0 Å². The third-order valence-electron chi connectivity index (χ3n) is 2.22. The number of nitrogens with one attached hydrogen (secondary N) is 3. The van der Waals surface area contributed by atoms with Gasteiger partial charge in [-0.05, 0) is 5.92 Å². The number of hydrogen-bond donors (Lipinski definition) is 3. The second kappa shape index (κ2) is 4.18. The zero-order valence-corrected chi connectivity index (χ0v) is 9.11. The maximum atomic E-state index is 11.6. The van der Waals surface area contributed by atoms with Crippen LogP contribution in [0.25, 0.3) is 0 Å². The summed E-state index contributed by atoms with van der Waals surface area (Å²) >= 11 is 0. The van der Waals surface area contributed by atoms with Crippen LogP contribution in [0.2, 0.25) is 0 Å². The van der Waals surface area contributed by atoms with Crippen molar-refractivity contribution in [2.45, 2.75) is 19.8 Å². The van der Waals surface area contributed by atoms with Crippen molar-refractivity contribution in [3.05, 3.63) is 29.7 Å². The van der Waals surface area contributed by atoms with Gasteiger partial charge in [0.2, 0.25) is 0 Å². The number of rotatable bonds is 3. The lowest BCUT2D eigenvalue weighted by Crippen LogP contribution is -2.11. The van der Waals surface area contributed by atoms with Crippen LogP contribution in [0, 0.1) is 0 Å². The molecule has 16 heavy (non-hydrogen) atoms. The smallest absolute Gasteiger partial charge is 0.260 e. The Labute approximate surface area is 92.5 Å². The minimum absolute atomic E-state index is 0.226. The van der Waals surface area contributed by atoms with Crippen molar-refractivity contribution < 1.29 is 4.79 Å². The molecular weight excluding hydrogens is 206 g/mol. The Morgan fingerprint density at radius 2 is 2.31 bits per heavy atom. The Morgan fingerprint density at radius 3 is 2.88 bits per heavy atom. The molecule has 0 fully saturated rings. The minimum atomic E-state index is -0.226. The van der Waals surface area contributed by atoms with Crippen molar-refractivity contribution in [1.82, 2.24) is 20.4 Å². The molecule has 0 aliphatic carbocycles. The summed E-state index contributed by atoms with van der Waals surface area (Å²) in [6, 6.07) is 1.82. The molecule has 2 aromatic rings. The van der Waals surface area contributed by atoms with Crippen LogP contribution in [0.15, 0.2) is 18.5 Å². The van der Waals surface area contributed by atoms with Crippen LogP contribution in [0.4, 0.5) is 5.82 Å². The number of aromatic nitrogens is 4. The molecule has 2 heterocycles. The summed E-state index contributed by atoms with van der Waals surface area (Å²) in [7, 11) is 0. The fourth-order valence-electron chi connectivity index (χ4n) is 1.26. The predicted molar refractivity (Wildman–Crippen MR) is 59.2 cm³/mol. The van der Waals surface area contributed by atoms with Crippen molar-refractivity contribution in [3.8, 4) is 0 Å². The first-order valence-corrected chi connectivity index (χ1v) is 5.02. The Kier molecular flexibility index (Phi) is 2.72. The third kappa shape index (κ3) is 2.10. The number of aromatic amines is 2. The number of amides is 1. The Hall–Kier alpha value is -2.11. The van der Waals surface area contributed by atoms with Crippen molar-refractivity contribution in [3.63, 3.8) is 0 Å². The van der Waals surface area contributed by atoms with E-state index in [1.165, 1.54) is 12.4 Å². The SMILES string of the molecule is CC(C)c1cc(NC(=O)c2cn[nH]c2)n[nH]1. The monoisotopic (exact) mass is 219 g/mol. The molecule has 0 aliphatic heterocycles. The Bertz CT molecular complexity index is 471. The van der Waals surface area contributed by atoms with Gasteiger partial charge in [-0.15, -0.1) is 0 Å². The van der Waals surface area contributed by atoms with E-state index in [4.69, 9.17) is 0 Å². The topological polar surface area (TPSA) is 86.5 Å². The first kappa shape index (κ1) is 10.4. The Balaban J connectivity index is 2.07. The first-order chi connectivity index (χ1) is 7.66. The lowest BCUT2D eigenvalue weighted by Gasteiger charge is -1.98. The standard InChI is InChI=1S/C10H13N5O/c1-6(2)8-3-9(15-14-8)13-10(16)7-4-11-12-5-7/h3-6H,1-2H3,(H,11,12)(H2,13,14,15,16). The highest BCUT2D eigenvalue weighted by molar-refractivity contribution is 6.03. The lowest BCUT2D eigenvalue weighted by atomic mass is 10.1. The maximum absolute atomic E-state index is 11.6. The number of carbonyl (C=O) groups excluding carboxylic acids is 1. The zero-order valence-electron chi connectivity index (χ0n) is 9.11. The molecule has 6 heteroatoms. The summed E-state index contributed by atoms with van der Waals surface area (Å²) in [5, 5.41) is 15.8. The van der Waals surface area contributed by atoms with E-state index in [0.29, 0.717) is 17.3 Å². The number of carbonyl (C=O) groups is 1. The average molecular weight is 219 g/mol. The van der Waals surface area contributed by atoms with Gasteiger partial charge >= 0.3 is 0 Å². The van der Waals surface area contributed by atoms with Gasteiger partial charge in [0.25, 0.3) is 5.91 Å². The van der Waals surface area contributed by atoms with Crippen molar-refractivity contribution in [2.24, 2.45) is 0 Å². The molecule has 0 aromatic carbocycles. The van der Waals surface area contributed by atoms with Gasteiger partial charge in [-0.1, -0.05) is 13.8 Å². The van der Waals surface area contributed by atoms with Gasteiger partial charge < -0.3 is 5.32 Å². The molecule has 0 bridgehead atoms. The largest absolute Gasteiger partial charge is 0.305 e. The highest BCUT2D eigenvalue weighted by Crippen LogP contribution is 2.15. The van der Waals surface area contributed by atoms with Gasteiger partial charge in [0, 0.05) is 18.0 Å². The number of nitrogens with zero attached hydrogens (tertiary/aromatic N) is 2. The molecule has 84 valence electrons. The van der Waals surface area contributed by atoms with E-state index in [-0.39, 0.29) is 5.91 Å². The highest BCUT2D eigenvalue weighted by Gasteiger charge is 2.10. The van der Waals surface area contributed by atoms with E-state index in [2.05, 4.69) is 39.6 Å². The first-order valence-electron chi connectivity index (χ1n) is 5.02. The molecule has 3 N–H and O–H groups in total. The molecule has 2 aromatic heterocycles. The Morgan fingerprint density at radius 1 is 1.50 bits per heavy atom. The van der Waals surface area contributed by atoms with E-state index in [1.54, 1.807) is 0 Å². The zero-order chi connectivity index (χ0) is 11.5. The molecule has 0 spiro atoms. The van der Waals surface area contributed by atoms with Gasteiger partial charge in [-0.3, -0.25) is 15.0 Å². The fourth-order valence-corrected chi connectivity index (χ4v) is 1.26. The third-order valence-corrected chi connectivity index (χ3v) is 2.22. The van der Waals surface area contributed by atoms with Crippen LogP contribution in [0.1, 0.15) is 35.8 Å². The normalized spacial score (nSPS) is 10.7. The summed E-state index contributed by atoms with van der Waals surface area (Å²) in [5.74, 6) is 0.650. The fraction of sp³-hybridized carbons (Fsp3) is 0.300.